The summed E-state index contributed by atoms with van der Waals surface area (Å²) in [5.74, 6) is 1.49. The highest BCUT2D eigenvalue weighted by Gasteiger charge is 2.59. The molecule has 3 amide bonds. The average molecular weight is 589 g/mol. The summed E-state index contributed by atoms with van der Waals surface area (Å²) in [4.78, 5) is 47.5. The molecule has 41 heavy (non-hydrogen) atoms. The second-order valence-electron chi connectivity index (χ2n) is 11.9. The second-order valence-corrected chi connectivity index (χ2v) is 11.9. The third-order valence-corrected chi connectivity index (χ3v) is 8.41. The first kappa shape index (κ1) is 30.8. The third kappa shape index (κ3) is 6.66. The molecule has 3 atom stereocenters. The molecule has 3 aliphatic rings. The number of carbonyl (C=O) groups excluding carboxylic acids is 2. The standard InChI is InChI=1S/C28H40N8O4.ClH/c1-19(35-15-20-14-28(20,17-29)18-35)16-40-22-6-4-21(5-7-22)36-9-8-23(32-26(36)39)31-25(38)34-12-10-33(11-13-34)24(37)27(2,3)30;/h4-9,19-20H,10-18,29-30H2,1-3H3,(H,31,32,38,39);1H. The van der Waals surface area contributed by atoms with E-state index in [1.54, 1.807) is 48.0 Å². The number of nitrogens with two attached hydrogens (primary N) is 2. The van der Waals surface area contributed by atoms with Crippen LogP contribution in [-0.2, 0) is 4.79 Å². The molecular formula is C28H41ClN8O4. The Hall–Kier alpha value is -3.19. The van der Waals surface area contributed by atoms with Gasteiger partial charge in [0.05, 0.1) is 11.2 Å². The molecule has 2 aromatic rings. The summed E-state index contributed by atoms with van der Waals surface area (Å²) in [5, 5.41) is 2.68. The van der Waals surface area contributed by atoms with Gasteiger partial charge in [0.15, 0.2) is 0 Å². The van der Waals surface area contributed by atoms with Gasteiger partial charge in [-0.25, -0.2) is 9.59 Å². The van der Waals surface area contributed by atoms with Crippen LogP contribution in [-0.4, -0.2) is 100 Å². The number of piperazine rings is 1. The molecule has 12 nitrogen and oxygen atoms in total. The fourth-order valence-electron chi connectivity index (χ4n) is 5.69. The monoisotopic (exact) mass is 588 g/mol. The molecule has 13 heteroatoms. The number of benzene rings is 1. The quantitative estimate of drug-likeness (QED) is 0.415. The molecule has 1 aliphatic carbocycles. The molecule has 1 aromatic heterocycles. The van der Waals surface area contributed by atoms with Gasteiger partial charge in [-0.15, -0.1) is 12.4 Å². The highest BCUT2D eigenvalue weighted by molar-refractivity contribution is 5.89. The molecule has 2 aliphatic heterocycles. The fraction of sp³-hybridized carbons (Fsp3) is 0.571. The minimum Gasteiger partial charge on any atom is -0.492 e. The Labute approximate surface area is 246 Å². The average Bonchev–Trinajstić information content (AvgIpc) is 3.50. The molecule has 1 aromatic carbocycles. The van der Waals surface area contributed by atoms with Crippen molar-refractivity contribution in [3.05, 3.63) is 47.0 Å². The summed E-state index contributed by atoms with van der Waals surface area (Å²) in [5.41, 5.74) is 11.4. The lowest BCUT2D eigenvalue weighted by Gasteiger charge is -2.37. The van der Waals surface area contributed by atoms with Crippen molar-refractivity contribution in [2.75, 3.05) is 57.7 Å². The van der Waals surface area contributed by atoms with Gasteiger partial charge >= 0.3 is 11.7 Å². The largest absolute Gasteiger partial charge is 0.492 e. The highest BCUT2D eigenvalue weighted by Crippen LogP contribution is 2.57. The number of nitrogens with zero attached hydrogens (tertiary/aromatic N) is 5. The summed E-state index contributed by atoms with van der Waals surface area (Å²) in [7, 11) is 0. The van der Waals surface area contributed by atoms with E-state index >= 15 is 0 Å². The van der Waals surface area contributed by atoms with Crippen LogP contribution in [0.3, 0.4) is 0 Å². The molecular weight excluding hydrogens is 548 g/mol. The molecule has 224 valence electrons. The molecule has 5 rings (SSSR count). The highest BCUT2D eigenvalue weighted by atomic mass is 35.5. The summed E-state index contributed by atoms with van der Waals surface area (Å²) in [6.45, 7) is 10.5. The van der Waals surface area contributed by atoms with E-state index in [-0.39, 0.29) is 30.2 Å². The smallest absolute Gasteiger partial charge is 0.354 e. The van der Waals surface area contributed by atoms with Gasteiger partial charge in [-0.05, 0) is 75.4 Å². The van der Waals surface area contributed by atoms with Crippen LogP contribution < -0.4 is 27.2 Å². The van der Waals surface area contributed by atoms with Crippen LogP contribution in [0.1, 0.15) is 27.2 Å². The number of piperidine rings is 1. The predicted molar refractivity (Wildman–Crippen MR) is 159 cm³/mol. The Morgan fingerprint density at radius 2 is 1.80 bits per heavy atom. The molecule has 1 saturated carbocycles. The lowest BCUT2D eigenvalue weighted by atomic mass is 10.1. The van der Waals surface area contributed by atoms with E-state index in [1.807, 2.05) is 12.1 Å². The van der Waals surface area contributed by atoms with Gasteiger partial charge < -0.3 is 26.0 Å². The van der Waals surface area contributed by atoms with Crippen molar-refractivity contribution in [3.63, 3.8) is 0 Å². The number of urea groups is 1. The molecule has 0 spiro atoms. The van der Waals surface area contributed by atoms with Crippen LogP contribution >= 0.6 is 12.4 Å². The predicted octanol–water partition coefficient (Wildman–Crippen LogP) is 1.12. The summed E-state index contributed by atoms with van der Waals surface area (Å²) >= 11 is 0. The van der Waals surface area contributed by atoms with Crippen LogP contribution in [0.2, 0.25) is 0 Å². The van der Waals surface area contributed by atoms with E-state index in [9.17, 15) is 14.4 Å². The van der Waals surface area contributed by atoms with Crippen LogP contribution in [0.25, 0.3) is 5.69 Å². The molecule has 3 heterocycles. The van der Waals surface area contributed by atoms with E-state index < -0.39 is 11.2 Å². The summed E-state index contributed by atoms with van der Waals surface area (Å²) < 4.78 is 7.43. The first-order chi connectivity index (χ1) is 19.0. The number of nitrogens with one attached hydrogen (secondary N) is 1. The van der Waals surface area contributed by atoms with E-state index in [4.69, 9.17) is 16.2 Å². The molecule has 0 radical (unpaired) electrons. The van der Waals surface area contributed by atoms with Crippen molar-refractivity contribution in [2.45, 2.75) is 38.8 Å². The number of ether oxygens (including phenoxy) is 1. The summed E-state index contributed by atoms with van der Waals surface area (Å²) in [6.07, 6.45) is 2.83. The zero-order valence-corrected chi connectivity index (χ0v) is 24.7. The van der Waals surface area contributed by atoms with Gasteiger partial charge in [0.1, 0.15) is 18.2 Å². The maximum Gasteiger partial charge on any atom is 0.354 e. The lowest BCUT2D eigenvalue weighted by molar-refractivity contribution is -0.137. The van der Waals surface area contributed by atoms with Gasteiger partial charge in [-0.2, -0.15) is 4.98 Å². The van der Waals surface area contributed by atoms with Gasteiger partial charge in [0.2, 0.25) is 5.91 Å². The van der Waals surface area contributed by atoms with Crippen molar-refractivity contribution in [3.8, 4) is 11.4 Å². The number of rotatable bonds is 8. The first-order valence-corrected chi connectivity index (χ1v) is 13.9. The number of hydrogen-bond acceptors (Lipinski definition) is 8. The molecule has 3 unspecified atom stereocenters. The van der Waals surface area contributed by atoms with E-state index in [1.165, 1.54) is 11.0 Å². The normalized spacial score (nSPS) is 22.9. The number of fused-ring (bicyclic) bond motifs is 1. The fourth-order valence-corrected chi connectivity index (χ4v) is 5.69. The number of anilines is 1. The Morgan fingerprint density at radius 3 is 2.39 bits per heavy atom. The van der Waals surface area contributed by atoms with Gasteiger partial charge in [-0.1, -0.05) is 0 Å². The number of carbonyl (C=O) groups is 2. The van der Waals surface area contributed by atoms with E-state index in [0.717, 1.165) is 31.3 Å². The molecule has 0 bridgehead atoms. The lowest BCUT2D eigenvalue weighted by Crippen LogP contribution is -2.58. The Bertz CT molecular complexity index is 1300. The molecule has 2 saturated heterocycles. The van der Waals surface area contributed by atoms with E-state index in [2.05, 4.69) is 22.1 Å². The Balaban J connectivity index is 0.00000387. The van der Waals surface area contributed by atoms with Gasteiger partial charge in [-0.3, -0.25) is 19.6 Å². The second kappa shape index (κ2) is 12.0. The number of hydrogen-bond donors (Lipinski definition) is 3. The van der Waals surface area contributed by atoms with E-state index in [0.29, 0.717) is 49.9 Å². The summed E-state index contributed by atoms with van der Waals surface area (Å²) in [6, 6.07) is 8.79. The van der Waals surface area contributed by atoms with Crippen LogP contribution in [0, 0.1) is 11.3 Å². The SMILES string of the molecule is CC(COc1ccc(-n2ccc(NC(=O)N3CCN(C(=O)C(C)(C)N)CC3)nc2=O)cc1)N1CC2CC2(CN)C1.Cl. The van der Waals surface area contributed by atoms with Crippen molar-refractivity contribution >= 4 is 30.2 Å². The van der Waals surface area contributed by atoms with Crippen molar-refractivity contribution < 1.29 is 14.3 Å². The van der Waals surface area contributed by atoms with Crippen LogP contribution in [0.4, 0.5) is 10.6 Å². The number of aromatic nitrogens is 2. The zero-order valence-electron chi connectivity index (χ0n) is 23.9. The third-order valence-electron chi connectivity index (χ3n) is 8.41. The van der Waals surface area contributed by atoms with Crippen LogP contribution in [0.15, 0.2) is 41.3 Å². The number of halogens is 1. The van der Waals surface area contributed by atoms with Crippen molar-refractivity contribution in [2.24, 2.45) is 22.8 Å². The minimum absolute atomic E-state index is 0. The minimum atomic E-state index is -0.952. The zero-order chi connectivity index (χ0) is 28.7. The van der Waals surface area contributed by atoms with Crippen molar-refractivity contribution in [1.82, 2.24) is 24.3 Å². The van der Waals surface area contributed by atoms with Gasteiger partial charge in [0, 0.05) is 51.5 Å². The Kier molecular flexibility index (Phi) is 8.98. The van der Waals surface area contributed by atoms with Gasteiger partial charge in [0.25, 0.3) is 0 Å². The van der Waals surface area contributed by atoms with Crippen molar-refractivity contribution in [1.29, 1.82) is 0 Å². The number of likely N-dealkylation sites (tertiary alicyclic amines) is 1. The maximum atomic E-state index is 12.7. The first-order valence-electron chi connectivity index (χ1n) is 13.9. The topological polar surface area (TPSA) is 152 Å². The van der Waals surface area contributed by atoms with Crippen LogP contribution in [0.5, 0.6) is 5.75 Å². The molecule has 5 N–H and O–H groups in total. The molecule has 3 fully saturated rings. The Morgan fingerprint density at radius 1 is 1.15 bits per heavy atom. The number of amides is 3. The maximum absolute atomic E-state index is 12.7.